The van der Waals surface area contributed by atoms with Gasteiger partial charge in [0.15, 0.2) is 0 Å². The van der Waals surface area contributed by atoms with Crippen LogP contribution in [0, 0.1) is 0 Å². The Balaban J connectivity index is 2.62. The fraction of sp³-hybridized carbons (Fsp3) is 0.900. The molecule has 1 N–H and O–H groups in total. The summed E-state index contributed by atoms with van der Waals surface area (Å²) >= 11 is 0. The van der Waals surface area contributed by atoms with Crippen LogP contribution >= 0.6 is 0 Å². The Bertz CT molecular complexity index is 208. The second kappa shape index (κ2) is 4.75. The second-order valence-electron chi connectivity index (χ2n) is 4.22. The van der Waals surface area contributed by atoms with Crippen molar-refractivity contribution in [2.24, 2.45) is 0 Å². The van der Waals surface area contributed by atoms with Gasteiger partial charge in [-0.05, 0) is 33.9 Å². The molecule has 1 rings (SSSR count). The third-order valence-electron chi connectivity index (χ3n) is 2.95. The summed E-state index contributed by atoms with van der Waals surface area (Å²) in [7, 11) is 2.09. The van der Waals surface area contributed by atoms with Crippen LogP contribution in [0.4, 0.5) is 0 Å². The summed E-state index contributed by atoms with van der Waals surface area (Å²) in [5.74, 6) is -0.721. The molecule has 2 atom stereocenters. The summed E-state index contributed by atoms with van der Waals surface area (Å²) in [5.41, 5.74) is 0. The molecule has 2 unspecified atom stereocenters. The summed E-state index contributed by atoms with van der Waals surface area (Å²) < 4.78 is 0. The zero-order valence-corrected chi connectivity index (χ0v) is 9.23. The third kappa shape index (κ3) is 2.69. The van der Waals surface area contributed by atoms with Crippen LogP contribution in [0.15, 0.2) is 0 Å². The summed E-state index contributed by atoms with van der Waals surface area (Å²) in [6, 6.07) is -0.0369. The van der Waals surface area contributed by atoms with Gasteiger partial charge in [-0.25, -0.2) is 0 Å². The average molecular weight is 200 g/mol. The highest BCUT2D eigenvalue weighted by molar-refractivity contribution is 5.72. The molecule has 1 aliphatic rings. The van der Waals surface area contributed by atoms with Crippen molar-refractivity contribution in [2.75, 3.05) is 26.7 Å². The number of carboxylic acids is 1. The maximum absolute atomic E-state index is 10.9. The van der Waals surface area contributed by atoms with Gasteiger partial charge in [-0.15, -0.1) is 0 Å². The van der Waals surface area contributed by atoms with Gasteiger partial charge >= 0.3 is 5.97 Å². The number of hydrogen-bond donors (Lipinski definition) is 1. The highest BCUT2D eigenvalue weighted by atomic mass is 16.4. The normalized spacial score (nSPS) is 28.4. The maximum atomic E-state index is 10.9. The maximum Gasteiger partial charge on any atom is 0.320 e. The molecule has 0 aliphatic carbocycles. The Morgan fingerprint density at radius 1 is 1.50 bits per heavy atom. The van der Waals surface area contributed by atoms with E-state index in [1.165, 1.54) is 0 Å². The van der Waals surface area contributed by atoms with Gasteiger partial charge in [-0.2, -0.15) is 0 Å². The van der Waals surface area contributed by atoms with Crippen molar-refractivity contribution >= 4 is 5.97 Å². The first kappa shape index (κ1) is 11.5. The van der Waals surface area contributed by atoms with Crippen molar-refractivity contribution in [3.63, 3.8) is 0 Å². The summed E-state index contributed by atoms with van der Waals surface area (Å²) in [5, 5.41) is 8.95. The van der Waals surface area contributed by atoms with Crippen molar-refractivity contribution < 1.29 is 9.90 Å². The van der Waals surface area contributed by atoms with E-state index in [-0.39, 0.29) is 6.04 Å². The topological polar surface area (TPSA) is 43.8 Å². The first-order valence-corrected chi connectivity index (χ1v) is 5.19. The molecule has 0 amide bonds. The smallest absolute Gasteiger partial charge is 0.320 e. The zero-order chi connectivity index (χ0) is 10.7. The molecular formula is C10H20N2O2. The van der Waals surface area contributed by atoms with Gasteiger partial charge in [0, 0.05) is 19.1 Å². The summed E-state index contributed by atoms with van der Waals surface area (Å²) in [6.45, 7) is 6.77. The Kier molecular flexibility index (Phi) is 3.89. The van der Waals surface area contributed by atoms with E-state index < -0.39 is 5.97 Å². The van der Waals surface area contributed by atoms with Gasteiger partial charge in [0.2, 0.25) is 0 Å². The van der Waals surface area contributed by atoms with Crippen LogP contribution in [0.25, 0.3) is 0 Å². The molecule has 0 aromatic rings. The van der Waals surface area contributed by atoms with E-state index in [0.29, 0.717) is 6.04 Å². The molecule has 4 heteroatoms. The van der Waals surface area contributed by atoms with Gasteiger partial charge in [-0.3, -0.25) is 9.69 Å². The lowest BCUT2D eigenvalue weighted by Gasteiger charge is -2.30. The molecule has 1 aliphatic heterocycles. The van der Waals surface area contributed by atoms with E-state index in [9.17, 15) is 4.79 Å². The molecule has 4 nitrogen and oxygen atoms in total. The minimum absolute atomic E-state index is 0.327. The van der Waals surface area contributed by atoms with Gasteiger partial charge in [0.05, 0.1) is 0 Å². The van der Waals surface area contributed by atoms with Gasteiger partial charge < -0.3 is 10.0 Å². The zero-order valence-electron chi connectivity index (χ0n) is 9.23. The average Bonchev–Trinajstić information content (AvgIpc) is 2.25. The van der Waals surface area contributed by atoms with Crippen LogP contribution < -0.4 is 0 Å². The molecule has 0 radical (unpaired) electrons. The Morgan fingerprint density at radius 2 is 2.14 bits per heavy atom. The molecule has 0 bridgehead atoms. The highest BCUT2D eigenvalue weighted by Crippen LogP contribution is 2.12. The van der Waals surface area contributed by atoms with E-state index in [1.807, 2.05) is 0 Å². The fourth-order valence-corrected chi connectivity index (χ4v) is 2.11. The SMILES string of the molecule is CC1CN(C)CCCN1C(C)C(=O)O. The lowest BCUT2D eigenvalue weighted by atomic mass is 10.2. The van der Waals surface area contributed by atoms with Crippen molar-refractivity contribution in [2.45, 2.75) is 32.4 Å². The largest absolute Gasteiger partial charge is 0.480 e. The van der Waals surface area contributed by atoms with Crippen molar-refractivity contribution in [3.05, 3.63) is 0 Å². The van der Waals surface area contributed by atoms with Crippen molar-refractivity contribution in [3.8, 4) is 0 Å². The van der Waals surface area contributed by atoms with Gasteiger partial charge in [-0.1, -0.05) is 0 Å². The van der Waals surface area contributed by atoms with Crippen LogP contribution in [0.1, 0.15) is 20.3 Å². The van der Waals surface area contributed by atoms with Gasteiger partial charge in [0.25, 0.3) is 0 Å². The monoisotopic (exact) mass is 200 g/mol. The molecule has 82 valence electrons. The predicted octanol–water partition coefficient (Wildman–Crippen LogP) is 0.485. The number of carbonyl (C=O) groups is 1. The van der Waals surface area contributed by atoms with Crippen LogP contribution in [0.2, 0.25) is 0 Å². The fourth-order valence-electron chi connectivity index (χ4n) is 2.11. The van der Waals surface area contributed by atoms with Crippen molar-refractivity contribution in [1.29, 1.82) is 0 Å². The lowest BCUT2D eigenvalue weighted by molar-refractivity contribution is -0.143. The summed E-state index contributed by atoms with van der Waals surface area (Å²) in [4.78, 5) is 15.2. The predicted molar refractivity (Wildman–Crippen MR) is 55.4 cm³/mol. The van der Waals surface area contributed by atoms with Crippen LogP contribution in [-0.4, -0.2) is 59.6 Å². The molecular weight excluding hydrogens is 180 g/mol. The molecule has 0 aromatic heterocycles. The van der Waals surface area contributed by atoms with E-state index in [1.54, 1.807) is 6.92 Å². The number of nitrogens with zero attached hydrogens (tertiary/aromatic N) is 2. The number of aliphatic carboxylic acids is 1. The van der Waals surface area contributed by atoms with Crippen LogP contribution in [0.3, 0.4) is 0 Å². The summed E-state index contributed by atoms with van der Waals surface area (Å²) in [6.07, 6.45) is 1.05. The van der Waals surface area contributed by atoms with Crippen LogP contribution in [-0.2, 0) is 4.79 Å². The first-order chi connectivity index (χ1) is 6.52. The molecule has 0 saturated carbocycles. The quantitative estimate of drug-likeness (QED) is 0.704. The highest BCUT2D eigenvalue weighted by Gasteiger charge is 2.27. The van der Waals surface area contributed by atoms with E-state index >= 15 is 0 Å². The molecule has 1 saturated heterocycles. The molecule has 1 fully saturated rings. The first-order valence-electron chi connectivity index (χ1n) is 5.19. The van der Waals surface area contributed by atoms with Crippen molar-refractivity contribution in [1.82, 2.24) is 9.80 Å². The van der Waals surface area contributed by atoms with E-state index in [4.69, 9.17) is 5.11 Å². The number of likely N-dealkylation sites (N-methyl/N-ethyl adjacent to an activating group) is 1. The Labute approximate surface area is 85.5 Å². The Hall–Kier alpha value is -0.610. The number of rotatable bonds is 2. The van der Waals surface area contributed by atoms with E-state index in [2.05, 4.69) is 23.8 Å². The minimum Gasteiger partial charge on any atom is -0.480 e. The van der Waals surface area contributed by atoms with E-state index in [0.717, 1.165) is 26.1 Å². The Morgan fingerprint density at radius 3 is 2.71 bits per heavy atom. The molecule has 1 heterocycles. The van der Waals surface area contributed by atoms with Crippen LogP contribution in [0.5, 0.6) is 0 Å². The second-order valence-corrected chi connectivity index (χ2v) is 4.22. The number of hydrogen-bond acceptors (Lipinski definition) is 3. The molecule has 14 heavy (non-hydrogen) atoms. The molecule has 0 aromatic carbocycles. The van der Waals surface area contributed by atoms with Gasteiger partial charge in [0.1, 0.15) is 6.04 Å². The number of carboxylic acid groups (broad SMARTS) is 1. The lowest BCUT2D eigenvalue weighted by Crippen LogP contribution is -2.46. The standard InChI is InChI=1S/C10H20N2O2/c1-8-7-11(3)5-4-6-12(8)9(2)10(13)14/h8-9H,4-7H2,1-3H3,(H,13,14). The third-order valence-corrected chi connectivity index (χ3v) is 2.95. The molecule has 0 spiro atoms. The minimum atomic E-state index is -0.721.